The van der Waals surface area contributed by atoms with Crippen molar-refractivity contribution in [3.05, 3.63) is 47.6 Å². The molecule has 2 aliphatic heterocycles. The highest BCUT2D eigenvalue weighted by atomic mass is 16.5. The van der Waals surface area contributed by atoms with E-state index < -0.39 is 0 Å². The van der Waals surface area contributed by atoms with Gasteiger partial charge in [-0.25, -0.2) is 0 Å². The molecule has 1 aromatic heterocycles. The van der Waals surface area contributed by atoms with Crippen LogP contribution in [0.2, 0.25) is 0 Å². The third-order valence-electron chi connectivity index (χ3n) is 6.03. The number of piperazine rings is 1. The summed E-state index contributed by atoms with van der Waals surface area (Å²) < 4.78 is 5.40. The standard InChI is InChI=1S/C23H31N5O2/c1-17-5-4-6-20(15-17)28-14-13-27(16-18(28)2)22(29)8-7-21-24-23(25-30-21)19-9-11-26(3)12-10-19/h4-6,9,15,18H,7-8,10-14,16H2,1-3H3/t18-/m0/s1. The van der Waals surface area contributed by atoms with Crippen LogP contribution >= 0.6 is 0 Å². The fraction of sp³-hybridized carbons (Fsp3) is 0.522. The van der Waals surface area contributed by atoms with E-state index >= 15 is 0 Å². The summed E-state index contributed by atoms with van der Waals surface area (Å²) in [6.45, 7) is 8.53. The van der Waals surface area contributed by atoms with Gasteiger partial charge in [-0.2, -0.15) is 4.98 Å². The SMILES string of the molecule is Cc1cccc(N2CCN(C(=O)CCc3nc(C4=CCN(C)CC4)no3)C[C@@H]2C)c1. The number of nitrogens with zero attached hydrogens (tertiary/aromatic N) is 5. The van der Waals surface area contributed by atoms with Crippen LogP contribution in [0.3, 0.4) is 0 Å². The fourth-order valence-electron chi connectivity index (χ4n) is 4.21. The van der Waals surface area contributed by atoms with Crippen LogP contribution in [0.4, 0.5) is 5.69 Å². The van der Waals surface area contributed by atoms with Gasteiger partial charge in [0.05, 0.1) is 0 Å². The first-order valence-electron chi connectivity index (χ1n) is 10.8. The van der Waals surface area contributed by atoms with Gasteiger partial charge in [-0.15, -0.1) is 0 Å². The highest BCUT2D eigenvalue weighted by Gasteiger charge is 2.27. The van der Waals surface area contributed by atoms with Gasteiger partial charge in [0.1, 0.15) is 0 Å². The highest BCUT2D eigenvalue weighted by Crippen LogP contribution is 2.23. The molecule has 0 saturated carbocycles. The minimum Gasteiger partial charge on any atom is -0.365 e. The number of aryl methyl sites for hydroxylation is 2. The number of benzene rings is 1. The van der Waals surface area contributed by atoms with E-state index in [0.29, 0.717) is 24.6 Å². The number of anilines is 1. The van der Waals surface area contributed by atoms with Gasteiger partial charge in [0.25, 0.3) is 0 Å². The minimum atomic E-state index is 0.156. The van der Waals surface area contributed by atoms with Crippen LogP contribution in [0.5, 0.6) is 0 Å². The molecule has 4 rings (SSSR count). The zero-order chi connectivity index (χ0) is 21.1. The molecule has 0 unspecified atom stereocenters. The molecule has 160 valence electrons. The largest absolute Gasteiger partial charge is 0.365 e. The number of amides is 1. The Labute approximate surface area is 178 Å². The van der Waals surface area contributed by atoms with E-state index in [1.807, 2.05) is 4.90 Å². The molecule has 0 spiro atoms. The predicted molar refractivity (Wildman–Crippen MR) is 117 cm³/mol. The molecular weight excluding hydrogens is 378 g/mol. The lowest BCUT2D eigenvalue weighted by molar-refractivity contribution is -0.132. The van der Waals surface area contributed by atoms with Crippen molar-refractivity contribution in [1.82, 2.24) is 19.9 Å². The maximum atomic E-state index is 12.8. The lowest BCUT2D eigenvalue weighted by Gasteiger charge is -2.41. The molecule has 2 aromatic rings. The Morgan fingerprint density at radius 1 is 1.27 bits per heavy atom. The van der Waals surface area contributed by atoms with Gasteiger partial charge in [0.2, 0.25) is 11.8 Å². The summed E-state index contributed by atoms with van der Waals surface area (Å²) in [7, 11) is 2.10. The van der Waals surface area contributed by atoms with Crippen molar-refractivity contribution < 1.29 is 9.32 Å². The molecule has 0 radical (unpaired) electrons. The molecule has 7 heteroatoms. The quantitative estimate of drug-likeness (QED) is 0.757. The molecule has 1 saturated heterocycles. The third kappa shape index (κ3) is 4.73. The maximum absolute atomic E-state index is 12.8. The first-order valence-corrected chi connectivity index (χ1v) is 10.8. The van der Waals surface area contributed by atoms with Crippen LogP contribution < -0.4 is 4.90 Å². The minimum absolute atomic E-state index is 0.156. The van der Waals surface area contributed by atoms with E-state index in [1.165, 1.54) is 11.3 Å². The van der Waals surface area contributed by atoms with Gasteiger partial charge in [0, 0.05) is 57.3 Å². The highest BCUT2D eigenvalue weighted by molar-refractivity contribution is 5.76. The fourth-order valence-corrected chi connectivity index (χ4v) is 4.21. The van der Waals surface area contributed by atoms with Crippen LogP contribution in [-0.2, 0) is 11.2 Å². The van der Waals surface area contributed by atoms with Crippen LogP contribution in [0.1, 0.15) is 37.0 Å². The first-order chi connectivity index (χ1) is 14.5. The molecule has 2 aliphatic rings. The average Bonchev–Trinajstić information content (AvgIpc) is 3.21. The van der Waals surface area contributed by atoms with Crippen LogP contribution in [0, 0.1) is 6.92 Å². The Kier molecular flexibility index (Phi) is 6.18. The van der Waals surface area contributed by atoms with Crippen molar-refractivity contribution in [2.45, 2.75) is 39.2 Å². The Morgan fingerprint density at radius 2 is 2.13 bits per heavy atom. The molecule has 1 atom stereocenters. The van der Waals surface area contributed by atoms with Gasteiger partial charge >= 0.3 is 0 Å². The van der Waals surface area contributed by atoms with Gasteiger partial charge < -0.3 is 19.2 Å². The molecular formula is C23H31N5O2. The summed E-state index contributed by atoms with van der Waals surface area (Å²) in [5.41, 5.74) is 3.62. The number of rotatable bonds is 5. The lowest BCUT2D eigenvalue weighted by Crippen LogP contribution is -2.53. The molecule has 0 aliphatic carbocycles. The topological polar surface area (TPSA) is 65.7 Å². The van der Waals surface area contributed by atoms with Gasteiger partial charge in [0.15, 0.2) is 5.82 Å². The molecule has 7 nitrogen and oxygen atoms in total. The van der Waals surface area contributed by atoms with Crippen LogP contribution in [-0.4, -0.2) is 71.7 Å². The number of carbonyl (C=O) groups excluding carboxylic acids is 1. The van der Waals surface area contributed by atoms with Crippen molar-refractivity contribution in [2.75, 3.05) is 44.7 Å². The predicted octanol–water partition coefficient (Wildman–Crippen LogP) is 2.77. The van der Waals surface area contributed by atoms with E-state index in [1.54, 1.807) is 0 Å². The summed E-state index contributed by atoms with van der Waals surface area (Å²) in [5, 5.41) is 4.11. The van der Waals surface area contributed by atoms with Gasteiger partial charge in [-0.3, -0.25) is 4.79 Å². The second-order valence-electron chi connectivity index (χ2n) is 8.47. The van der Waals surface area contributed by atoms with Crippen LogP contribution in [0.25, 0.3) is 5.57 Å². The maximum Gasteiger partial charge on any atom is 0.227 e. The van der Waals surface area contributed by atoms with Gasteiger partial charge in [-0.1, -0.05) is 23.4 Å². The van der Waals surface area contributed by atoms with Crippen molar-refractivity contribution in [1.29, 1.82) is 0 Å². The molecule has 3 heterocycles. The second kappa shape index (κ2) is 9.00. The van der Waals surface area contributed by atoms with E-state index in [2.05, 4.69) is 71.2 Å². The van der Waals surface area contributed by atoms with Crippen LogP contribution in [0.15, 0.2) is 34.9 Å². The van der Waals surface area contributed by atoms with Crippen molar-refractivity contribution in [2.24, 2.45) is 0 Å². The summed E-state index contributed by atoms with van der Waals surface area (Å²) in [6, 6.07) is 8.85. The van der Waals surface area contributed by atoms with Crippen molar-refractivity contribution >= 4 is 17.2 Å². The lowest BCUT2D eigenvalue weighted by atomic mass is 10.1. The van der Waals surface area contributed by atoms with Crippen molar-refractivity contribution in [3.8, 4) is 0 Å². The Hall–Kier alpha value is -2.67. The Balaban J connectivity index is 1.29. The smallest absolute Gasteiger partial charge is 0.227 e. The number of likely N-dealkylation sites (N-methyl/N-ethyl adjacent to an activating group) is 1. The third-order valence-corrected chi connectivity index (χ3v) is 6.03. The summed E-state index contributed by atoms with van der Waals surface area (Å²) in [4.78, 5) is 23.9. The van der Waals surface area contributed by atoms with E-state index in [9.17, 15) is 4.79 Å². The Bertz CT molecular complexity index is 922. The first kappa shape index (κ1) is 20.6. The number of aromatic nitrogens is 2. The monoisotopic (exact) mass is 409 g/mol. The normalized spacial score (nSPS) is 20.4. The van der Waals surface area contributed by atoms with Gasteiger partial charge in [-0.05, 0) is 50.6 Å². The molecule has 1 fully saturated rings. The summed E-state index contributed by atoms with van der Waals surface area (Å²) in [6.07, 6.45) is 3.97. The number of carbonyl (C=O) groups is 1. The average molecular weight is 410 g/mol. The summed E-state index contributed by atoms with van der Waals surface area (Å²) in [5.74, 6) is 1.37. The zero-order valence-electron chi connectivity index (χ0n) is 18.2. The Morgan fingerprint density at radius 3 is 2.87 bits per heavy atom. The number of hydrogen-bond acceptors (Lipinski definition) is 6. The number of hydrogen-bond donors (Lipinski definition) is 0. The van der Waals surface area contributed by atoms with E-state index in [0.717, 1.165) is 44.7 Å². The molecule has 0 N–H and O–H groups in total. The summed E-state index contributed by atoms with van der Waals surface area (Å²) >= 11 is 0. The molecule has 0 bridgehead atoms. The van der Waals surface area contributed by atoms with E-state index in [4.69, 9.17) is 4.52 Å². The molecule has 30 heavy (non-hydrogen) atoms. The zero-order valence-corrected chi connectivity index (χ0v) is 18.2. The van der Waals surface area contributed by atoms with E-state index in [-0.39, 0.29) is 11.9 Å². The molecule has 1 amide bonds. The molecule has 1 aromatic carbocycles. The second-order valence-corrected chi connectivity index (χ2v) is 8.47. The van der Waals surface area contributed by atoms with Crippen molar-refractivity contribution in [3.63, 3.8) is 0 Å².